The summed E-state index contributed by atoms with van der Waals surface area (Å²) in [6.07, 6.45) is -0.469. The molecule has 112 valence electrons. The molecule has 1 amide bonds. The van der Waals surface area contributed by atoms with E-state index < -0.39 is 11.7 Å². The van der Waals surface area contributed by atoms with E-state index in [4.69, 9.17) is 4.74 Å². The number of hydrazine groups is 1. The SMILES string of the molecule is CC(C)c1ccc(C(C)NNC(=O)OC(C)(C)C)cc1. The first-order chi connectivity index (χ1) is 9.19. The van der Waals surface area contributed by atoms with Crippen LogP contribution in [0.5, 0.6) is 0 Å². The zero-order valence-electron chi connectivity index (χ0n) is 13.3. The van der Waals surface area contributed by atoms with Crippen LogP contribution in [0.3, 0.4) is 0 Å². The van der Waals surface area contributed by atoms with Crippen molar-refractivity contribution in [2.45, 2.75) is 59.1 Å². The van der Waals surface area contributed by atoms with Crippen molar-refractivity contribution in [3.05, 3.63) is 35.4 Å². The summed E-state index contributed by atoms with van der Waals surface area (Å²) in [7, 11) is 0. The Morgan fingerprint density at radius 3 is 2.00 bits per heavy atom. The summed E-state index contributed by atoms with van der Waals surface area (Å²) in [5, 5.41) is 0. The Morgan fingerprint density at radius 2 is 1.55 bits per heavy atom. The maximum Gasteiger partial charge on any atom is 0.422 e. The van der Waals surface area contributed by atoms with Crippen molar-refractivity contribution < 1.29 is 9.53 Å². The topological polar surface area (TPSA) is 50.4 Å². The van der Waals surface area contributed by atoms with Crippen molar-refractivity contribution >= 4 is 6.09 Å². The van der Waals surface area contributed by atoms with E-state index in [0.717, 1.165) is 5.56 Å². The Labute approximate surface area is 121 Å². The lowest BCUT2D eigenvalue weighted by Gasteiger charge is -2.21. The lowest BCUT2D eigenvalue weighted by Crippen LogP contribution is -2.42. The van der Waals surface area contributed by atoms with E-state index in [9.17, 15) is 4.79 Å². The van der Waals surface area contributed by atoms with Gasteiger partial charge in [0.2, 0.25) is 0 Å². The molecule has 0 aliphatic rings. The number of carbonyl (C=O) groups is 1. The molecule has 0 bridgehead atoms. The molecule has 4 nitrogen and oxygen atoms in total. The molecule has 1 aromatic rings. The van der Waals surface area contributed by atoms with Gasteiger partial charge in [-0.15, -0.1) is 0 Å². The Morgan fingerprint density at radius 1 is 1.05 bits per heavy atom. The van der Waals surface area contributed by atoms with Gasteiger partial charge in [-0.1, -0.05) is 38.1 Å². The van der Waals surface area contributed by atoms with E-state index in [2.05, 4.69) is 49.0 Å². The molecule has 1 unspecified atom stereocenters. The van der Waals surface area contributed by atoms with Gasteiger partial charge in [0.05, 0.1) is 0 Å². The number of carbonyl (C=O) groups excluding carboxylic acids is 1. The number of nitrogens with one attached hydrogen (secondary N) is 2. The molecular weight excluding hydrogens is 252 g/mol. The summed E-state index contributed by atoms with van der Waals surface area (Å²) in [6, 6.07) is 8.40. The van der Waals surface area contributed by atoms with Gasteiger partial charge in [0.15, 0.2) is 0 Å². The van der Waals surface area contributed by atoms with Gasteiger partial charge < -0.3 is 4.74 Å². The molecule has 0 aliphatic heterocycles. The third-order valence-electron chi connectivity index (χ3n) is 2.89. The van der Waals surface area contributed by atoms with Crippen LogP contribution in [0, 0.1) is 0 Å². The average molecular weight is 278 g/mol. The monoisotopic (exact) mass is 278 g/mol. The van der Waals surface area contributed by atoms with E-state index in [1.165, 1.54) is 5.56 Å². The molecule has 1 atom stereocenters. The van der Waals surface area contributed by atoms with Crippen molar-refractivity contribution in [2.24, 2.45) is 0 Å². The molecule has 0 fully saturated rings. The highest BCUT2D eigenvalue weighted by molar-refractivity contribution is 5.67. The van der Waals surface area contributed by atoms with E-state index in [0.29, 0.717) is 5.92 Å². The largest absolute Gasteiger partial charge is 0.443 e. The van der Waals surface area contributed by atoms with Crippen LogP contribution in [0.2, 0.25) is 0 Å². The number of benzene rings is 1. The maximum absolute atomic E-state index is 11.5. The minimum absolute atomic E-state index is 0.0173. The number of hydrogen-bond donors (Lipinski definition) is 2. The quantitative estimate of drug-likeness (QED) is 0.821. The van der Waals surface area contributed by atoms with Crippen LogP contribution in [-0.4, -0.2) is 11.7 Å². The standard InChI is InChI=1S/C16H26N2O2/c1-11(2)13-7-9-14(10-8-13)12(3)17-18-15(19)20-16(4,5)6/h7-12,17H,1-6H3,(H,18,19). The summed E-state index contributed by atoms with van der Waals surface area (Å²) in [5.74, 6) is 0.521. The Kier molecular flexibility index (Phi) is 5.57. The Bertz CT molecular complexity index is 433. The van der Waals surface area contributed by atoms with E-state index in [1.807, 2.05) is 27.7 Å². The molecule has 0 spiro atoms. The predicted octanol–water partition coefficient (Wildman–Crippen LogP) is 3.90. The summed E-state index contributed by atoms with van der Waals surface area (Å²) in [4.78, 5) is 11.5. The number of rotatable bonds is 4. The molecule has 0 aromatic heterocycles. The zero-order valence-corrected chi connectivity index (χ0v) is 13.3. The molecule has 20 heavy (non-hydrogen) atoms. The predicted molar refractivity (Wildman–Crippen MR) is 81.5 cm³/mol. The molecule has 4 heteroatoms. The van der Waals surface area contributed by atoms with Gasteiger partial charge >= 0.3 is 6.09 Å². The third-order valence-corrected chi connectivity index (χ3v) is 2.89. The summed E-state index contributed by atoms with van der Waals surface area (Å²) in [6.45, 7) is 11.8. The first-order valence-electron chi connectivity index (χ1n) is 7.03. The molecule has 2 N–H and O–H groups in total. The maximum atomic E-state index is 11.5. The first kappa shape index (κ1) is 16.5. The molecule has 1 aromatic carbocycles. The van der Waals surface area contributed by atoms with Gasteiger partial charge in [0.25, 0.3) is 0 Å². The van der Waals surface area contributed by atoms with Crippen LogP contribution in [0.1, 0.15) is 64.6 Å². The molecule has 1 rings (SSSR count). The Balaban J connectivity index is 2.50. The summed E-state index contributed by atoms with van der Waals surface area (Å²) in [5.41, 5.74) is 7.44. The van der Waals surface area contributed by atoms with Crippen LogP contribution in [0.4, 0.5) is 4.79 Å². The van der Waals surface area contributed by atoms with Crippen LogP contribution >= 0.6 is 0 Å². The molecule has 0 saturated heterocycles. The fourth-order valence-electron chi connectivity index (χ4n) is 1.72. The van der Waals surface area contributed by atoms with E-state index in [1.54, 1.807) is 0 Å². The zero-order chi connectivity index (χ0) is 15.3. The molecule has 0 aliphatic carbocycles. The van der Waals surface area contributed by atoms with E-state index >= 15 is 0 Å². The fourth-order valence-corrected chi connectivity index (χ4v) is 1.72. The van der Waals surface area contributed by atoms with Gasteiger partial charge in [-0.25, -0.2) is 10.2 Å². The van der Waals surface area contributed by atoms with Crippen molar-refractivity contribution in [3.8, 4) is 0 Å². The van der Waals surface area contributed by atoms with Crippen molar-refractivity contribution in [1.82, 2.24) is 10.9 Å². The van der Waals surface area contributed by atoms with Gasteiger partial charge in [0.1, 0.15) is 5.60 Å². The number of ether oxygens (including phenoxy) is 1. The van der Waals surface area contributed by atoms with Gasteiger partial charge in [-0.2, -0.15) is 0 Å². The second-order valence-corrected chi connectivity index (χ2v) is 6.31. The molecular formula is C16H26N2O2. The molecule has 0 heterocycles. The van der Waals surface area contributed by atoms with Gasteiger partial charge in [0, 0.05) is 6.04 Å². The molecule has 0 saturated carbocycles. The number of amides is 1. The highest BCUT2D eigenvalue weighted by atomic mass is 16.6. The molecule has 0 radical (unpaired) electrons. The first-order valence-corrected chi connectivity index (χ1v) is 7.03. The minimum Gasteiger partial charge on any atom is -0.443 e. The van der Waals surface area contributed by atoms with Crippen LogP contribution in [0.15, 0.2) is 24.3 Å². The second-order valence-electron chi connectivity index (χ2n) is 6.31. The highest BCUT2D eigenvalue weighted by Gasteiger charge is 2.16. The highest BCUT2D eigenvalue weighted by Crippen LogP contribution is 2.18. The summed E-state index contributed by atoms with van der Waals surface area (Å²) < 4.78 is 5.16. The smallest absolute Gasteiger partial charge is 0.422 e. The van der Waals surface area contributed by atoms with Crippen LogP contribution in [-0.2, 0) is 4.74 Å². The van der Waals surface area contributed by atoms with Gasteiger partial charge in [-0.05, 0) is 44.7 Å². The van der Waals surface area contributed by atoms with Crippen molar-refractivity contribution in [3.63, 3.8) is 0 Å². The lowest BCUT2D eigenvalue weighted by atomic mass is 10.00. The average Bonchev–Trinajstić information content (AvgIpc) is 2.34. The number of hydrogen-bond acceptors (Lipinski definition) is 3. The fraction of sp³-hybridized carbons (Fsp3) is 0.562. The third kappa shape index (κ3) is 5.61. The van der Waals surface area contributed by atoms with Crippen LogP contribution in [0.25, 0.3) is 0 Å². The van der Waals surface area contributed by atoms with Gasteiger partial charge in [-0.3, -0.25) is 5.43 Å². The minimum atomic E-state index is -0.492. The van der Waals surface area contributed by atoms with Crippen LogP contribution < -0.4 is 10.9 Å². The normalized spacial score (nSPS) is 13.2. The lowest BCUT2D eigenvalue weighted by molar-refractivity contribution is 0.0489. The van der Waals surface area contributed by atoms with Crippen molar-refractivity contribution in [1.29, 1.82) is 0 Å². The van der Waals surface area contributed by atoms with E-state index in [-0.39, 0.29) is 6.04 Å². The second kappa shape index (κ2) is 6.75. The summed E-state index contributed by atoms with van der Waals surface area (Å²) >= 11 is 0. The van der Waals surface area contributed by atoms with Crippen molar-refractivity contribution in [2.75, 3.05) is 0 Å². The Hall–Kier alpha value is -1.55.